The molecule has 280 valence electrons. The lowest BCUT2D eigenvalue weighted by molar-refractivity contribution is 0.217. The summed E-state index contributed by atoms with van der Waals surface area (Å²) in [5.74, 6) is 5.34. The van der Waals surface area contributed by atoms with Gasteiger partial charge in [0, 0.05) is 4.47 Å². The van der Waals surface area contributed by atoms with Crippen molar-refractivity contribution in [3.63, 3.8) is 0 Å². The van der Waals surface area contributed by atoms with Crippen LogP contribution in [0.25, 0.3) is 16.7 Å². The molecule has 6 rings (SSSR count). The Kier molecular flexibility index (Phi) is 12.3. The van der Waals surface area contributed by atoms with Crippen molar-refractivity contribution in [2.24, 2.45) is 29.6 Å². The Balaban J connectivity index is 1.67. The Morgan fingerprint density at radius 3 is 1.42 bits per heavy atom. The van der Waals surface area contributed by atoms with E-state index in [0.29, 0.717) is 56.0 Å². The summed E-state index contributed by atoms with van der Waals surface area (Å²) < 4.78 is 29.2. The molecule has 0 aliphatic heterocycles. The van der Waals surface area contributed by atoms with Crippen LogP contribution in [0.4, 0.5) is 0 Å². The van der Waals surface area contributed by atoms with E-state index >= 15 is 0 Å². The summed E-state index contributed by atoms with van der Waals surface area (Å²) in [6, 6.07) is 16.0. The third-order valence-electron chi connectivity index (χ3n) is 11.9. The van der Waals surface area contributed by atoms with Crippen molar-refractivity contribution in [2.45, 2.75) is 99.8 Å². The predicted octanol–water partition coefficient (Wildman–Crippen LogP) is 13.5. The summed E-state index contributed by atoms with van der Waals surface area (Å²) in [6.07, 6.45) is 7.59. The van der Waals surface area contributed by atoms with Crippen LogP contribution in [0.1, 0.15) is 117 Å². The van der Waals surface area contributed by atoms with Gasteiger partial charge in [-0.05, 0) is 127 Å². The first-order chi connectivity index (χ1) is 25.0. The molecule has 0 saturated carbocycles. The average Bonchev–Trinajstić information content (AvgIpc) is 3.57. The second kappa shape index (κ2) is 16.3. The van der Waals surface area contributed by atoms with Crippen molar-refractivity contribution >= 4 is 37.4 Å². The third kappa shape index (κ3) is 7.25. The van der Waals surface area contributed by atoms with E-state index < -0.39 is 5.41 Å². The number of fused-ring (bicyclic) bond motifs is 9. The molecule has 0 heterocycles. The van der Waals surface area contributed by atoms with Crippen LogP contribution in [-0.4, -0.2) is 26.4 Å². The molecule has 0 bridgehead atoms. The third-order valence-corrected chi connectivity index (χ3v) is 13.4. The van der Waals surface area contributed by atoms with Crippen molar-refractivity contribution in [2.75, 3.05) is 26.4 Å². The number of ether oxygens (including phenoxy) is 4. The molecule has 5 atom stereocenters. The fourth-order valence-electron chi connectivity index (χ4n) is 7.47. The second-order valence-corrected chi connectivity index (χ2v) is 17.8. The van der Waals surface area contributed by atoms with Gasteiger partial charge in [0.05, 0.1) is 31.8 Å². The van der Waals surface area contributed by atoms with Crippen LogP contribution in [0.15, 0.2) is 63.1 Å². The molecule has 3 aliphatic carbocycles. The standard InChI is InChI=1S/C46H58Br2O4/c1-10-27(5)23-49-42-18-35-36-19-43(50-24-28(6)11-2)45(52-26-30(8)13-4)22-40(36)46(39(35)21-44(42)51-25-29(7)12-3)37-17-32(47)14-15-33(37)34-16-31(9)41(48)20-38(34)46/h14-15,17-22,27-31H,10-13,16,23-26H2,1-9H3. The summed E-state index contributed by atoms with van der Waals surface area (Å²) in [7, 11) is 0. The molecule has 3 aromatic carbocycles. The zero-order chi connectivity index (χ0) is 37.3. The van der Waals surface area contributed by atoms with Crippen molar-refractivity contribution in [3.05, 3.63) is 85.3 Å². The van der Waals surface area contributed by atoms with E-state index in [4.69, 9.17) is 18.9 Å². The summed E-state index contributed by atoms with van der Waals surface area (Å²) in [5.41, 5.74) is 9.54. The van der Waals surface area contributed by atoms with E-state index in [1.807, 2.05) is 0 Å². The lowest BCUT2D eigenvalue weighted by atomic mass is 9.68. The largest absolute Gasteiger partial charge is 0.489 e. The summed E-state index contributed by atoms with van der Waals surface area (Å²) >= 11 is 7.92. The van der Waals surface area contributed by atoms with Gasteiger partial charge in [-0.25, -0.2) is 0 Å². The fourth-order valence-corrected chi connectivity index (χ4v) is 8.22. The molecular weight excluding hydrogens is 776 g/mol. The zero-order valence-corrected chi connectivity index (χ0v) is 35.9. The summed E-state index contributed by atoms with van der Waals surface area (Å²) in [4.78, 5) is 0. The van der Waals surface area contributed by atoms with Gasteiger partial charge < -0.3 is 18.9 Å². The second-order valence-electron chi connectivity index (χ2n) is 16.0. The average molecular weight is 835 g/mol. The molecule has 0 fully saturated rings. The van der Waals surface area contributed by atoms with Crippen LogP contribution in [0.3, 0.4) is 0 Å². The molecule has 6 heteroatoms. The lowest BCUT2D eigenvalue weighted by Gasteiger charge is -2.34. The van der Waals surface area contributed by atoms with Gasteiger partial charge in [-0.2, -0.15) is 0 Å². The summed E-state index contributed by atoms with van der Waals surface area (Å²) in [6.45, 7) is 22.7. The van der Waals surface area contributed by atoms with Crippen LogP contribution >= 0.6 is 31.9 Å². The van der Waals surface area contributed by atoms with Gasteiger partial charge in [-0.15, -0.1) is 0 Å². The summed E-state index contributed by atoms with van der Waals surface area (Å²) in [5, 5.41) is 0. The topological polar surface area (TPSA) is 36.9 Å². The number of rotatable bonds is 16. The predicted molar refractivity (Wildman–Crippen MR) is 223 cm³/mol. The Hall–Kier alpha value is -2.70. The van der Waals surface area contributed by atoms with Crippen LogP contribution < -0.4 is 18.9 Å². The Bertz CT molecular complexity index is 1760. The quantitative estimate of drug-likeness (QED) is 0.144. The minimum atomic E-state index is -0.578. The maximum Gasteiger partial charge on any atom is 0.161 e. The van der Waals surface area contributed by atoms with Crippen LogP contribution in [0, 0.1) is 29.6 Å². The molecule has 0 radical (unpaired) electrons. The van der Waals surface area contributed by atoms with Crippen LogP contribution in [-0.2, 0) is 5.41 Å². The highest BCUT2D eigenvalue weighted by atomic mass is 79.9. The van der Waals surface area contributed by atoms with Crippen molar-refractivity contribution < 1.29 is 18.9 Å². The number of hydrogen-bond donors (Lipinski definition) is 0. The van der Waals surface area contributed by atoms with Crippen molar-refractivity contribution in [3.8, 4) is 34.1 Å². The molecule has 52 heavy (non-hydrogen) atoms. The number of benzene rings is 3. The minimum Gasteiger partial charge on any atom is -0.489 e. The van der Waals surface area contributed by atoms with Gasteiger partial charge in [0.1, 0.15) is 0 Å². The number of allylic oxidation sites excluding steroid dienone is 4. The zero-order valence-electron chi connectivity index (χ0n) is 32.8. The SMILES string of the molecule is CCC(C)COc1cc2c(cc1OCC(C)CC)C1(C3=C(CC(C)C(Br)=C3)c3ccc(Br)cc31)c1cc(OCC(C)CC)c(OCC(C)CC)cc1-2. The van der Waals surface area contributed by atoms with Gasteiger partial charge in [0.25, 0.3) is 0 Å². The maximum absolute atomic E-state index is 6.75. The van der Waals surface area contributed by atoms with Crippen LogP contribution in [0.2, 0.25) is 0 Å². The Labute approximate surface area is 330 Å². The molecular formula is C46H58Br2O4. The van der Waals surface area contributed by atoms with E-state index in [2.05, 4.69) is 143 Å². The molecule has 3 aromatic rings. The first-order valence-electron chi connectivity index (χ1n) is 19.8. The first kappa shape index (κ1) is 39.0. The maximum atomic E-state index is 6.75. The highest BCUT2D eigenvalue weighted by molar-refractivity contribution is 9.11. The first-order valence-corrected chi connectivity index (χ1v) is 21.3. The molecule has 0 saturated heterocycles. The molecule has 0 aromatic heterocycles. The normalized spacial score (nSPS) is 20.8. The van der Waals surface area contributed by atoms with Crippen molar-refractivity contribution in [1.29, 1.82) is 0 Å². The van der Waals surface area contributed by atoms with E-state index in [0.717, 1.165) is 70.7 Å². The van der Waals surface area contributed by atoms with Gasteiger partial charge >= 0.3 is 0 Å². The van der Waals surface area contributed by atoms with E-state index in [1.165, 1.54) is 37.9 Å². The Morgan fingerprint density at radius 2 is 1.00 bits per heavy atom. The molecule has 4 nitrogen and oxygen atoms in total. The monoisotopic (exact) mass is 832 g/mol. The van der Waals surface area contributed by atoms with E-state index in [-0.39, 0.29) is 0 Å². The smallest absolute Gasteiger partial charge is 0.161 e. The van der Waals surface area contributed by atoms with Gasteiger partial charge in [0.2, 0.25) is 0 Å². The molecule has 3 aliphatic rings. The van der Waals surface area contributed by atoms with Gasteiger partial charge in [-0.1, -0.05) is 126 Å². The van der Waals surface area contributed by atoms with E-state index in [1.54, 1.807) is 0 Å². The number of hydrogen-bond acceptors (Lipinski definition) is 4. The Morgan fingerprint density at radius 1 is 0.596 bits per heavy atom. The molecule has 5 unspecified atom stereocenters. The molecule has 0 amide bonds. The van der Waals surface area contributed by atoms with Crippen molar-refractivity contribution in [1.82, 2.24) is 0 Å². The number of halogens is 2. The highest BCUT2D eigenvalue weighted by Crippen LogP contribution is 2.66. The highest BCUT2D eigenvalue weighted by Gasteiger charge is 2.54. The van der Waals surface area contributed by atoms with Crippen LogP contribution in [0.5, 0.6) is 23.0 Å². The fraction of sp³-hybridized carbons (Fsp3) is 0.522. The van der Waals surface area contributed by atoms with E-state index in [9.17, 15) is 0 Å². The minimum absolute atomic E-state index is 0.391. The molecule has 0 N–H and O–H groups in total. The van der Waals surface area contributed by atoms with Gasteiger partial charge in [0.15, 0.2) is 23.0 Å². The van der Waals surface area contributed by atoms with Gasteiger partial charge in [-0.3, -0.25) is 0 Å². The molecule has 1 spiro atoms. The lowest BCUT2D eigenvalue weighted by Crippen LogP contribution is -2.28.